The van der Waals surface area contributed by atoms with Gasteiger partial charge in [0.15, 0.2) is 0 Å². The Morgan fingerprint density at radius 3 is 2.76 bits per heavy atom. The molecule has 2 N–H and O–H groups in total. The normalized spacial score (nSPS) is 11.1. The van der Waals surface area contributed by atoms with E-state index in [0.717, 1.165) is 12.1 Å². The zero-order valence-corrected chi connectivity index (χ0v) is 9.96. The van der Waals surface area contributed by atoms with Crippen molar-refractivity contribution in [1.29, 1.82) is 0 Å². The van der Waals surface area contributed by atoms with Crippen LogP contribution in [0.4, 0.5) is 8.78 Å². The zero-order valence-electron chi connectivity index (χ0n) is 9.96. The maximum atomic E-state index is 13.3. The molecule has 0 bridgehead atoms. The lowest BCUT2D eigenvalue weighted by Crippen LogP contribution is -2.24. The molecule has 0 heterocycles. The molecule has 0 saturated carbocycles. The highest BCUT2D eigenvalue weighted by atomic mass is 19.1. The standard InChI is InChI=1S/C12H18F2N2O/c1-16(5-7-17-6-4-15)9-10-8-11(13)2-3-12(10)14/h2-3,8H,4-7,9,15H2,1H3. The van der Waals surface area contributed by atoms with Gasteiger partial charge in [0.2, 0.25) is 0 Å². The van der Waals surface area contributed by atoms with E-state index in [1.54, 1.807) is 0 Å². The Kier molecular flexibility index (Phi) is 6.04. The van der Waals surface area contributed by atoms with Crippen molar-refractivity contribution in [2.24, 2.45) is 5.73 Å². The van der Waals surface area contributed by atoms with Crippen LogP contribution in [0.15, 0.2) is 18.2 Å². The molecule has 0 atom stereocenters. The molecule has 0 aromatic heterocycles. The van der Waals surface area contributed by atoms with Crippen molar-refractivity contribution < 1.29 is 13.5 Å². The number of benzene rings is 1. The second-order valence-corrected chi connectivity index (χ2v) is 3.87. The fourth-order valence-electron chi connectivity index (χ4n) is 1.44. The smallest absolute Gasteiger partial charge is 0.127 e. The predicted molar refractivity (Wildman–Crippen MR) is 62.6 cm³/mol. The molecule has 0 aliphatic carbocycles. The lowest BCUT2D eigenvalue weighted by Gasteiger charge is -2.17. The topological polar surface area (TPSA) is 38.5 Å². The minimum Gasteiger partial charge on any atom is -0.379 e. The van der Waals surface area contributed by atoms with E-state index in [1.807, 2.05) is 11.9 Å². The molecular weight excluding hydrogens is 226 g/mol. The second kappa shape index (κ2) is 7.32. The van der Waals surface area contributed by atoms with Gasteiger partial charge in [0.05, 0.1) is 13.2 Å². The minimum atomic E-state index is -0.422. The van der Waals surface area contributed by atoms with Crippen LogP contribution in [0.25, 0.3) is 0 Å². The number of nitrogens with two attached hydrogens (primary N) is 1. The van der Waals surface area contributed by atoms with Crippen LogP contribution in [0.3, 0.4) is 0 Å². The number of hydrogen-bond donors (Lipinski definition) is 1. The Morgan fingerprint density at radius 2 is 2.06 bits per heavy atom. The average molecular weight is 244 g/mol. The molecule has 0 amide bonds. The van der Waals surface area contributed by atoms with Crippen molar-refractivity contribution in [1.82, 2.24) is 4.90 Å². The summed E-state index contributed by atoms with van der Waals surface area (Å²) in [7, 11) is 1.83. The highest BCUT2D eigenvalue weighted by molar-refractivity contribution is 5.18. The summed E-state index contributed by atoms with van der Waals surface area (Å²) < 4.78 is 31.5. The van der Waals surface area contributed by atoms with E-state index in [0.29, 0.717) is 38.4 Å². The molecule has 96 valence electrons. The van der Waals surface area contributed by atoms with Gasteiger partial charge in [0.25, 0.3) is 0 Å². The first kappa shape index (κ1) is 14.0. The number of rotatable bonds is 7. The number of nitrogens with zero attached hydrogens (tertiary/aromatic N) is 1. The van der Waals surface area contributed by atoms with E-state index < -0.39 is 5.82 Å². The maximum absolute atomic E-state index is 13.3. The van der Waals surface area contributed by atoms with E-state index in [-0.39, 0.29) is 5.82 Å². The lowest BCUT2D eigenvalue weighted by molar-refractivity contribution is 0.115. The van der Waals surface area contributed by atoms with Crippen LogP contribution in [0.1, 0.15) is 5.56 Å². The van der Waals surface area contributed by atoms with Gasteiger partial charge in [0, 0.05) is 25.2 Å². The van der Waals surface area contributed by atoms with Gasteiger partial charge in [-0.2, -0.15) is 0 Å². The number of ether oxygens (including phenoxy) is 1. The molecule has 0 fully saturated rings. The zero-order chi connectivity index (χ0) is 12.7. The summed E-state index contributed by atoms with van der Waals surface area (Å²) in [6.45, 7) is 2.54. The first-order chi connectivity index (χ1) is 8.13. The van der Waals surface area contributed by atoms with Gasteiger partial charge in [-0.05, 0) is 25.2 Å². The third kappa shape index (κ3) is 5.21. The molecule has 0 radical (unpaired) electrons. The second-order valence-electron chi connectivity index (χ2n) is 3.87. The lowest BCUT2D eigenvalue weighted by atomic mass is 10.2. The van der Waals surface area contributed by atoms with Crippen molar-refractivity contribution in [2.45, 2.75) is 6.54 Å². The van der Waals surface area contributed by atoms with Crippen LogP contribution in [-0.4, -0.2) is 38.3 Å². The van der Waals surface area contributed by atoms with Crippen molar-refractivity contribution in [3.05, 3.63) is 35.4 Å². The summed E-state index contributed by atoms with van der Waals surface area (Å²) in [6.07, 6.45) is 0. The Bertz CT molecular complexity index is 347. The maximum Gasteiger partial charge on any atom is 0.127 e. The van der Waals surface area contributed by atoms with Gasteiger partial charge in [-0.1, -0.05) is 0 Å². The Balaban J connectivity index is 2.39. The van der Waals surface area contributed by atoms with E-state index in [4.69, 9.17) is 10.5 Å². The summed E-state index contributed by atoms with van der Waals surface area (Å²) in [5.41, 5.74) is 5.63. The largest absolute Gasteiger partial charge is 0.379 e. The van der Waals surface area contributed by atoms with E-state index in [2.05, 4.69) is 0 Å². The first-order valence-electron chi connectivity index (χ1n) is 5.53. The van der Waals surface area contributed by atoms with Gasteiger partial charge in [-0.3, -0.25) is 4.90 Å². The Hall–Kier alpha value is -1.04. The van der Waals surface area contributed by atoms with Gasteiger partial charge in [0.1, 0.15) is 11.6 Å². The van der Waals surface area contributed by atoms with E-state index >= 15 is 0 Å². The van der Waals surface area contributed by atoms with Crippen LogP contribution in [-0.2, 0) is 11.3 Å². The van der Waals surface area contributed by atoms with Crippen LogP contribution in [0.5, 0.6) is 0 Å². The van der Waals surface area contributed by atoms with E-state index in [9.17, 15) is 8.78 Å². The molecule has 5 heteroatoms. The predicted octanol–water partition coefficient (Wildman–Crippen LogP) is 1.37. The molecule has 17 heavy (non-hydrogen) atoms. The van der Waals surface area contributed by atoms with Crippen molar-refractivity contribution in [2.75, 3.05) is 33.4 Å². The van der Waals surface area contributed by atoms with Gasteiger partial charge in [-0.25, -0.2) is 8.78 Å². The quantitative estimate of drug-likeness (QED) is 0.736. The average Bonchev–Trinajstić information content (AvgIpc) is 2.29. The van der Waals surface area contributed by atoms with Crippen molar-refractivity contribution >= 4 is 0 Å². The molecular formula is C12H18F2N2O. The monoisotopic (exact) mass is 244 g/mol. The van der Waals surface area contributed by atoms with E-state index in [1.165, 1.54) is 6.07 Å². The fraction of sp³-hybridized carbons (Fsp3) is 0.500. The molecule has 0 spiro atoms. The molecule has 0 saturated heterocycles. The van der Waals surface area contributed by atoms with Crippen molar-refractivity contribution in [3.63, 3.8) is 0 Å². The fourth-order valence-corrected chi connectivity index (χ4v) is 1.44. The summed E-state index contributed by atoms with van der Waals surface area (Å²) >= 11 is 0. The van der Waals surface area contributed by atoms with Gasteiger partial charge >= 0.3 is 0 Å². The Morgan fingerprint density at radius 1 is 1.29 bits per heavy atom. The molecule has 0 unspecified atom stereocenters. The third-order valence-electron chi connectivity index (χ3n) is 2.33. The van der Waals surface area contributed by atoms with Crippen molar-refractivity contribution in [3.8, 4) is 0 Å². The third-order valence-corrected chi connectivity index (χ3v) is 2.33. The minimum absolute atomic E-state index is 0.353. The van der Waals surface area contributed by atoms with Crippen LogP contribution in [0.2, 0.25) is 0 Å². The molecule has 1 aromatic rings. The first-order valence-corrected chi connectivity index (χ1v) is 5.53. The molecule has 0 aliphatic rings. The Labute approximate surface area is 100 Å². The number of likely N-dealkylation sites (N-methyl/N-ethyl adjacent to an activating group) is 1. The molecule has 1 rings (SSSR count). The van der Waals surface area contributed by atoms with Crippen LogP contribution >= 0.6 is 0 Å². The van der Waals surface area contributed by atoms with Gasteiger partial charge < -0.3 is 10.5 Å². The van der Waals surface area contributed by atoms with Crippen LogP contribution in [0, 0.1) is 11.6 Å². The summed E-state index contributed by atoms with van der Waals surface area (Å²) in [6, 6.07) is 3.47. The summed E-state index contributed by atoms with van der Waals surface area (Å²) in [4.78, 5) is 1.87. The van der Waals surface area contributed by atoms with Crippen LogP contribution < -0.4 is 5.73 Å². The SMILES string of the molecule is CN(CCOCCN)Cc1cc(F)ccc1F. The van der Waals surface area contributed by atoms with Gasteiger partial charge in [-0.15, -0.1) is 0 Å². The highest BCUT2D eigenvalue weighted by Crippen LogP contribution is 2.11. The molecule has 3 nitrogen and oxygen atoms in total. The summed E-state index contributed by atoms with van der Waals surface area (Å²) in [5.74, 6) is -0.810. The summed E-state index contributed by atoms with van der Waals surface area (Å²) in [5, 5.41) is 0. The highest BCUT2D eigenvalue weighted by Gasteiger charge is 2.06. The molecule has 1 aromatic carbocycles. The molecule has 0 aliphatic heterocycles. The number of hydrogen-bond acceptors (Lipinski definition) is 3. The number of halogens is 2.